The van der Waals surface area contributed by atoms with Gasteiger partial charge in [-0.3, -0.25) is 0 Å². The minimum absolute atomic E-state index is 0.327. The number of rotatable bonds is 7. The maximum Gasteiger partial charge on any atom is 0.231 e. The fraction of sp³-hybridized carbons (Fsp3) is 0.538. The third-order valence-electron chi connectivity index (χ3n) is 2.43. The van der Waals surface area contributed by atoms with Crippen LogP contribution in [0.15, 0.2) is 18.2 Å². The summed E-state index contributed by atoms with van der Waals surface area (Å²) in [5, 5.41) is 0. The van der Waals surface area contributed by atoms with Crippen molar-refractivity contribution < 1.29 is 14.2 Å². The fourth-order valence-electron chi connectivity index (χ4n) is 1.59. The molecule has 0 fully saturated rings. The molecule has 1 aliphatic heterocycles. The molecule has 1 aliphatic rings. The lowest BCUT2D eigenvalue weighted by atomic mass is 10.2. The molecule has 0 spiro atoms. The van der Waals surface area contributed by atoms with Crippen molar-refractivity contribution in [1.29, 1.82) is 0 Å². The molecule has 94 valence electrons. The molecule has 2 rings (SSSR count). The van der Waals surface area contributed by atoms with Crippen LogP contribution in [0, 0.1) is 0 Å². The summed E-state index contributed by atoms with van der Waals surface area (Å²) in [5.41, 5.74) is 1.13. The van der Waals surface area contributed by atoms with Crippen LogP contribution in [-0.2, 0) is 11.3 Å². The second-order valence-corrected chi connectivity index (χ2v) is 5.08. The standard InChI is InChI=1S/C13H18O3S/c1-2-6-17-7-5-14-9-11-3-4-12-13(8-11)16-10-15-12/h3-4,8H,2,5-7,9-10H2,1H3. The summed E-state index contributed by atoms with van der Waals surface area (Å²) in [5.74, 6) is 3.94. The quantitative estimate of drug-likeness (QED) is 0.699. The predicted octanol–water partition coefficient (Wildman–Crippen LogP) is 3.08. The lowest BCUT2D eigenvalue weighted by Crippen LogP contribution is -1.98. The van der Waals surface area contributed by atoms with Gasteiger partial charge in [-0.2, -0.15) is 11.8 Å². The number of hydrogen-bond acceptors (Lipinski definition) is 4. The highest BCUT2D eigenvalue weighted by Crippen LogP contribution is 2.32. The Morgan fingerprint density at radius 2 is 2.12 bits per heavy atom. The summed E-state index contributed by atoms with van der Waals surface area (Å²) in [7, 11) is 0. The molecule has 0 amide bonds. The molecule has 0 atom stereocenters. The van der Waals surface area contributed by atoms with Crippen molar-refractivity contribution >= 4 is 11.8 Å². The number of fused-ring (bicyclic) bond motifs is 1. The van der Waals surface area contributed by atoms with E-state index < -0.39 is 0 Å². The summed E-state index contributed by atoms with van der Waals surface area (Å²) in [6, 6.07) is 5.95. The van der Waals surface area contributed by atoms with Gasteiger partial charge in [0.15, 0.2) is 11.5 Å². The van der Waals surface area contributed by atoms with Crippen molar-refractivity contribution in [3.8, 4) is 11.5 Å². The van der Waals surface area contributed by atoms with Crippen molar-refractivity contribution in [2.75, 3.05) is 24.9 Å². The minimum Gasteiger partial charge on any atom is -0.454 e. The van der Waals surface area contributed by atoms with Crippen LogP contribution < -0.4 is 9.47 Å². The Bertz CT molecular complexity index is 355. The highest BCUT2D eigenvalue weighted by atomic mass is 32.2. The summed E-state index contributed by atoms with van der Waals surface area (Å²) < 4.78 is 16.2. The number of benzene rings is 1. The van der Waals surface area contributed by atoms with E-state index in [2.05, 4.69) is 6.92 Å². The summed E-state index contributed by atoms with van der Waals surface area (Å²) in [4.78, 5) is 0. The van der Waals surface area contributed by atoms with Crippen molar-refractivity contribution in [1.82, 2.24) is 0 Å². The van der Waals surface area contributed by atoms with Gasteiger partial charge in [-0.05, 0) is 29.9 Å². The Balaban J connectivity index is 1.69. The number of thioether (sulfide) groups is 1. The van der Waals surface area contributed by atoms with Crippen LogP contribution in [0.1, 0.15) is 18.9 Å². The molecule has 1 aromatic rings. The topological polar surface area (TPSA) is 27.7 Å². The first-order valence-corrected chi connectivity index (χ1v) is 7.09. The predicted molar refractivity (Wildman–Crippen MR) is 69.8 cm³/mol. The van der Waals surface area contributed by atoms with Crippen LogP contribution in [0.25, 0.3) is 0 Å². The molecule has 0 saturated carbocycles. The second-order valence-electron chi connectivity index (χ2n) is 3.85. The zero-order valence-electron chi connectivity index (χ0n) is 10.1. The fourth-order valence-corrected chi connectivity index (χ4v) is 2.31. The Morgan fingerprint density at radius 1 is 1.24 bits per heavy atom. The van der Waals surface area contributed by atoms with Crippen molar-refractivity contribution in [3.63, 3.8) is 0 Å². The molecular weight excluding hydrogens is 236 g/mol. The summed E-state index contributed by atoms with van der Waals surface area (Å²) >= 11 is 1.94. The van der Waals surface area contributed by atoms with Gasteiger partial charge in [0.05, 0.1) is 13.2 Å². The van der Waals surface area contributed by atoms with Crippen LogP contribution in [0.5, 0.6) is 11.5 Å². The van der Waals surface area contributed by atoms with E-state index in [9.17, 15) is 0 Å². The molecule has 3 nitrogen and oxygen atoms in total. The van der Waals surface area contributed by atoms with Crippen LogP contribution in [-0.4, -0.2) is 24.9 Å². The molecule has 0 saturated heterocycles. The zero-order chi connectivity index (χ0) is 11.9. The van der Waals surface area contributed by atoms with Gasteiger partial charge in [0.2, 0.25) is 6.79 Å². The molecule has 0 aliphatic carbocycles. The average molecular weight is 254 g/mol. The highest BCUT2D eigenvalue weighted by Gasteiger charge is 2.12. The maximum atomic E-state index is 5.61. The molecule has 0 bridgehead atoms. The normalized spacial score (nSPS) is 13.0. The highest BCUT2D eigenvalue weighted by molar-refractivity contribution is 7.99. The lowest BCUT2D eigenvalue weighted by Gasteiger charge is -2.05. The van der Waals surface area contributed by atoms with E-state index in [1.807, 2.05) is 30.0 Å². The van der Waals surface area contributed by atoms with E-state index >= 15 is 0 Å². The van der Waals surface area contributed by atoms with Crippen molar-refractivity contribution in [2.24, 2.45) is 0 Å². The number of hydrogen-bond donors (Lipinski definition) is 0. The first-order chi connectivity index (χ1) is 8.40. The largest absolute Gasteiger partial charge is 0.454 e. The zero-order valence-corrected chi connectivity index (χ0v) is 10.9. The first kappa shape index (κ1) is 12.6. The van der Waals surface area contributed by atoms with E-state index in [4.69, 9.17) is 14.2 Å². The van der Waals surface area contributed by atoms with Crippen molar-refractivity contribution in [2.45, 2.75) is 20.0 Å². The van der Waals surface area contributed by atoms with Gasteiger partial charge in [-0.25, -0.2) is 0 Å². The van der Waals surface area contributed by atoms with E-state index in [0.717, 1.165) is 29.4 Å². The van der Waals surface area contributed by atoms with Crippen LogP contribution in [0.3, 0.4) is 0 Å². The van der Waals surface area contributed by atoms with E-state index in [0.29, 0.717) is 13.4 Å². The van der Waals surface area contributed by atoms with Gasteiger partial charge < -0.3 is 14.2 Å². The summed E-state index contributed by atoms with van der Waals surface area (Å²) in [6.45, 7) is 3.97. The monoisotopic (exact) mass is 254 g/mol. The lowest BCUT2D eigenvalue weighted by molar-refractivity contribution is 0.136. The van der Waals surface area contributed by atoms with E-state index in [-0.39, 0.29) is 0 Å². The third-order valence-corrected chi connectivity index (χ3v) is 3.58. The second kappa shape index (κ2) is 6.77. The van der Waals surface area contributed by atoms with Gasteiger partial charge in [-0.1, -0.05) is 13.0 Å². The number of ether oxygens (including phenoxy) is 3. The summed E-state index contributed by atoms with van der Waals surface area (Å²) in [6.07, 6.45) is 1.23. The van der Waals surface area contributed by atoms with E-state index in [1.54, 1.807) is 0 Å². The molecule has 1 heterocycles. The Morgan fingerprint density at radius 3 is 3.00 bits per heavy atom. The van der Waals surface area contributed by atoms with Gasteiger partial charge in [-0.15, -0.1) is 0 Å². The van der Waals surface area contributed by atoms with Gasteiger partial charge in [0.1, 0.15) is 0 Å². The molecule has 1 aromatic carbocycles. The molecule has 0 radical (unpaired) electrons. The first-order valence-electron chi connectivity index (χ1n) is 5.94. The SMILES string of the molecule is CCCSCCOCc1ccc2c(c1)OCO2. The minimum atomic E-state index is 0.327. The van der Waals surface area contributed by atoms with Gasteiger partial charge >= 0.3 is 0 Å². The van der Waals surface area contributed by atoms with Gasteiger partial charge in [0.25, 0.3) is 0 Å². The molecular formula is C13H18O3S. The molecule has 0 unspecified atom stereocenters. The van der Waals surface area contributed by atoms with Crippen molar-refractivity contribution in [3.05, 3.63) is 23.8 Å². The molecule has 0 N–H and O–H groups in total. The maximum absolute atomic E-state index is 5.61. The van der Waals surface area contributed by atoms with Crippen LogP contribution in [0.4, 0.5) is 0 Å². The van der Waals surface area contributed by atoms with Crippen LogP contribution in [0.2, 0.25) is 0 Å². The molecule has 4 heteroatoms. The average Bonchev–Trinajstić information content (AvgIpc) is 2.81. The van der Waals surface area contributed by atoms with E-state index in [1.165, 1.54) is 12.2 Å². The molecule has 17 heavy (non-hydrogen) atoms. The Hall–Kier alpha value is -0.870. The van der Waals surface area contributed by atoms with Gasteiger partial charge in [0, 0.05) is 5.75 Å². The van der Waals surface area contributed by atoms with Crippen LogP contribution >= 0.6 is 11.8 Å². The smallest absolute Gasteiger partial charge is 0.231 e. The third kappa shape index (κ3) is 3.82. The molecule has 0 aromatic heterocycles. The Labute approximate surface area is 106 Å². The Kier molecular flexibility index (Phi) is 5.01.